The van der Waals surface area contributed by atoms with Crippen LogP contribution in [0.3, 0.4) is 0 Å². The average Bonchev–Trinajstić information content (AvgIpc) is 2.42. The van der Waals surface area contributed by atoms with E-state index in [1.165, 1.54) is 11.1 Å². The third-order valence-electron chi connectivity index (χ3n) is 3.14. The Morgan fingerprint density at radius 1 is 1.20 bits per heavy atom. The van der Waals surface area contributed by atoms with Crippen molar-refractivity contribution in [1.29, 1.82) is 0 Å². The fourth-order valence-corrected chi connectivity index (χ4v) is 2.12. The highest BCUT2D eigenvalue weighted by Crippen LogP contribution is 2.26. The lowest BCUT2D eigenvalue weighted by atomic mass is 10.0. The van der Waals surface area contributed by atoms with E-state index in [0.717, 1.165) is 25.3 Å². The van der Waals surface area contributed by atoms with Crippen LogP contribution in [0.1, 0.15) is 44.4 Å². The molecule has 0 spiro atoms. The molecule has 0 aliphatic carbocycles. The van der Waals surface area contributed by atoms with Crippen molar-refractivity contribution in [3.05, 3.63) is 29.3 Å². The quantitative estimate of drug-likeness (QED) is 0.747. The summed E-state index contributed by atoms with van der Waals surface area (Å²) in [6.45, 7) is 11.1. The van der Waals surface area contributed by atoms with E-state index in [1.807, 2.05) is 6.07 Å². The fraction of sp³-hybridized carbons (Fsp3) is 0.647. The molecule has 114 valence electrons. The second-order valence-corrected chi connectivity index (χ2v) is 5.68. The molecule has 1 rings (SSSR count). The van der Waals surface area contributed by atoms with Gasteiger partial charge >= 0.3 is 0 Å². The second kappa shape index (κ2) is 8.98. The van der Waals surface area contributed by atoms with E-state index in [4.69, 9.17) is 9.47 Å². The molecule has 0 aliphatic rings. The predicted octanol–water partition coefficient (Wildman–Crippen LogP) is 3.72. The summed E-state index contributed by atoms with van der Waals surface area (Å²) in [5.74, 6) is 1.48. The molecule has 3 heteroatoms. The van der Waals surface area contributed by atoms with E-state index < -0.39 is 0 Å². The highest BCUT2D eigenvalue weighted by molar-refractivity contribution is 5.39. The Kier molecular flexibility index (Phi) is 7.63. The van der Waals surface area contributed by atoms with Gasteiger partial charge in [0.25, 0.3) is 0 Å². The number of methoxy groups -OCH3 is 1. The lowest BCUT2D eigenvalue weighted by Crippen LogP contribution is -2.27. The van der Waals surface area contributed by atoms with Gasteiger partial charge in [0.1, 0.15) is 5.75 Å². The van der Waals surface area contributed by atoms with Gasteiger partial charge in [-0.3, -0.25) is 0 Å². The predicted molar refractivity (Wildman–Crippen MR) is 84.4 cm³/mol. The molecule has 1 unspecified atom stereocenters. The van der Waals surface area contributed by atoms with Crippen LogP contribution in [0, 0.1) is 12.8 Å². The maximum Gasteiger partial charge on any atom is 0.123 e. The van der Waals surface area contributed by atoms with E-state index >= 15 is 0 Å². The van der Waals surface area contributed by atoms with Crippen LogP contribution in [0.5, 0.6) is 5.75 Å². The van der Waals surface area contributed by atoms with Crippen molar-refractivity contribution in [2.45, 2.75) is 40.2 Å². The Bertz CT molecular complexity index is 391. The van der Waals surface area contributed by atoms with Crippen molar-refractivity contribution in [1.82, 2.24) is 5.32 Å². The van der Waals surface area contributed by atoms with Gasteiger partial charge in [-0.05, 0) is 31.9 Å². The maximum atomic E-state index is 5.83. The molecular weight excluding hydrogens is 250 g/mol. The van der Waals surface area contributed by atoms with E-state index in [2.05, 4.69) is 45.1 Å². The van der Waals surface area contributed by atoms with Crippen molar-refractivity contribution in [3.8, 4) is 5.75 Å². The van der Waals surface area contributed by atoms with Crippen LogP contribution >= 0.6 is 0 Å². The van der Waals surface area contributed by atoms with Gasteiger partial charge in [0.2, 0.25) is 0 Å². The number of nitrogens with one attached hydrogen (secondary N) is 1. The summed E-state index contributed by atoms with van der Waals surface area (Å²) in [6, 6.07) is 6.48. The lowest BCUT2D eigenvalue weighted by molar-refractivity contribution is 0.0895. The Morgan fingerprint density at radius 3 is 2.55 bits per heavy atom. The van der Waals surface area contributed by atoms with Crippen LogP contribution in [0.25, 0.3) is 0 Å². The number of benzene rings is 1. The van der Waals surface area contributed by atoms with Gasteiger partial charge in [-0.25, -0.2) is 0 Å². The Labute approximate surface area is 123 Å². The normalized spacial score (nSPS) is 12.7. The molecule has 1 aromatic rings. The zero-order chi connectivity index (χ0) is 15.0. The first-order chi connectivity index (χ1) is 9.58. The van der Waals surface area contributed by atoms with Crippen molar-refractivity contribution < 1.29 is 9.47 Å². The Morgan fingerprint density at radius 2 is 1.95 bits per heavy atom. The largest absolute Gasteiger partial charge is 0.496 e. The molecule has 0 aromatic heterocycles. The van der Waals surface area contributed by atoms with Crippen LogP contribution in [-0.2, 0) is 4.74 Å². The molecule has 0 saturated heterocycles. The molecule has 0 saturated carbocycles. The first-order valence-corrected chi connectivity index (χ1v) is 7.54. The second-order valence-electron chi connectivity index (χ2n) is 5.68. The summed E-state index contributed by atoms with van der Waals surface area (Å²) in [5, 5.41) is 3.56. The number of hydrogen-bond donors (Lipinski definition) is 1. The molecule has 0 radical (unpaired) electrons. The summed E-state index contributed by atoms with van der Waals surface area (Å²) in [7, 11) is 1.72. The minimum atomic E-state index is 0.184. The van der Waals surface area contributed by atoms with Gasteiger partial charge < -0.3 is 14.8 Å². The maximum absolute atomic E-state index is 5.83. The molecule has 1 aromatic carbocycles. The van der Waals surface area contributed by atoms with Gasteiger partial charge in [0.15, 0.2) is 0 Å². The topological polar surface area (TPSA) is 30.5 Å². The SMILES string of the molecule is CCCNC(COCC(C)C)c1cc(C)ccc1OC. The zero-order valence-corrected chi connectivity index (χ0v) is 13.5. The van der Waals surface area contributed by atoms with Crippen LogP contribution in [0.4, 0.5) is 0 Å². The van der Waals surface area contributed by atoms with Gasteiger partial charge in [0.05, 0.1) is 19.8 Å². The smallest absolute Gasteiger partial charge is 0.123 e. The molecule has 3 nitrogen and oxygen atoms in total. The van der Waals surface area contributed by atoms with E-state index in [0.29, 0.717) is 12.5 Å². The minimum Gasteiger partial charge on any atom is -0.496 e. The summed E-state index contributed by atoms with van der Waals surface area (Å²) in [4.78, 5) is 0. The van der Waals surface area contributed by atoms with Crippen molar-refractivity contribution in [3.63, 3.8) is 0 Å². The molecule has 1 atom stereocenters. The first kappa shape index (κ1) is 17.0. The molecule has 0 aliphatic heterocycles. The van der Waals surface area contributed by atoms with Crippen molar-refractivity contribution in [2.75, 3.05) is 26.9 Å². The summed E-state index contributed by atoms with van der Waals surface area (Å²) < 4.78 is 11.3. The number of hydrogen-bond acceptors (Lipinski definition) is 3. The monoisotopic (exact) mass is 279 g/mol. The fourth-order valence-electron chi connectivity index (χ4n) is 2.12. The number of ether oxygens (including phenoxy) is 2. The molecule has 0 amide bonds. The van der Waals surface area contributed by atoms with Gasteiger partial charge in [-0.2, -0.15) is 0 Å². The zero-order valence-electron chi connectivity index (χ0n) is 13.5. The van der Waals surface area contributed by atoms with E-state index in [9.17, 15) is 0 Å². The van der Waals surface area contributed by atoms with E-state index in [-0.39, 0.29) is 6.04 Å². The summed E-state index contributed by atoms with van der Waals surface area (Å²) in [5.41, 5.74) is 2.43. The van der Waals surface area contributed by atoms with E-state index in [1.54, 1.807) is 7.11 Å². The lowest BCUT2D eigenvalue weighted by Gasteiger charge is -2.22. The third kappa shape index (κ3) is 5.51. The van der Waals surface area contributed by atoms with Crippen LogP contribution in [-0.4, -0.2) is 26.9 Å². The van der Waals surface area contributed by atoms with Crippen molar-refractivity contribution >= 4 is 0 Å². The molecular formula is C17H29NO2. The van der Waals surface area contributed by atoms with Crippen molar-refractivity contribution in [2.24, 2.45) is 5.92 Å². The van der Waals surface area contributed by atoms with Crippen LogP contribution in [0.15, 0.2) is 18.2 Å². The Hall–Kier alpha value is -1.06. The molecule has 0 fully saturated rings. The number of aryl methyl sites for hydroxylation is 1. The summed E-state index contributed by atoms with van der Waals surface area (Å²) in [6.07, 6.45) is 1.11. The molecule has 0 bridgehead atoms. The van der Waals surface area contributed by atoms with Crippen LogP contribution in [0.2, 0.25) is 0 Å². The summed E-state index contributed by atoms with van der Waals surface area (Å²) >= 11 is 0. The highest BCUT2D eigenvalue weighted by atomic mass is 16.5. The first-order valence-electron chi connectivity index (χ1n) is 7.54. The molecule has 1 N–H and O–H groups in total. The van der Waals surface area contributed by atoms with Gasteiger partial charge in [0, 0.05) is 12.2 Å². The third-order valence-corrected chi connectivity index (χ3v) is 3.14. The minimum absolute atomic E-state index is 0.184. The standard InChI is InChI=1S/C17H29NO2/c1-6-9-18-16(12-20-11-13(2)3)15-10-14(4)7-8-17(15)19-5/h7-8,10,13,16,18H,6,9,11-12H2,1-5H3. The van der Waals surface area contributed by atoms with Gasteiger partial charge in [-0.1, -0.05) is 38.5 Å². The Balaban J connectivity index is 2.82. The number of rotatable bonds is 9. The van der Waals surface area contributed by atoms with Crippen LogP contribution < -0.4 is 10.1 Å². The highest BCUT2D eigenvalue weighted by Gasteiger charge is 2.16. The average molecular weight is 279 g/mol. The van der Waals surface area contributed by atoms with Gasteiger partial charge in [-0.15, -0.1) is 0 Å². The molecule has 0 heterocycles. The molecule has 20 heavy (non-hydrogen) atoms.